The van der Waals surface area contributed by atoms with E-state index in [4.69, 9.17) is 4.52 Å². The second-order valence-corrected chi connectivity index (χ2v) is 6.21. The number of likely N-dealkylation sites (tertiary alicyclic amines) is 1. The van der Waals surface area contributed by atoms with Crippen LogP contribution in [-0.2, 0) is 11.3 Å². The van der Waals surface area contributed by atoms with Gasteiger partial charge in [-0.2, -0.15) is 0 Å². The maximum absolute atomic E-state index is 12.4. The van der Waals surface area contributed by atoms with Gasteiger partial charge in [0.1, 0.15) is 0 Å². The number of amides is 1. The average molecular weight is 313 g/mol. The van der Waals surface area contributed by atoms with E-state index in [1.165, 1.54) is 12.0 Å². The minimum absolute atomic E-state index is 0.120. The van der Waals surface area contributed by atoms with E-state index >= 15 is 0 Å². The summed E-state index contributed by atoms with van der Waals surface area (Å²) in [7, 11) is 1.81. The van der Waals surface area contributed by atoms with Crippen LogP contribution in [0.4, 0.5) is 0 Å². The van der Waals surface area contributed by atoms with E-state index in [1.54, 1.807) is 17.2 Å². The lowest BCUT2D eigenvalue weighted by Crippen LogP contribution is -2.42. The molecular formula is C18H23N3O2. The number of hydrogen-bond donors (Lipinski definition) is 0. The van der Waals surface area contributed by atoms with Crippen LogP contribution in [0.15, 0.2) is 47.1 Å². The second-order valence-electron chi connectivity index (χ2n) is 6.21. The van der Waals surface area contributed by atoms with Crippen LogP contribution in [0.5, 0.6) is 0 Å². The number of likely N-dealkylation sites (N-methyl/N-ethyl adjacent to an activating group) is 1. The molecule has 23 heavy (non-hydrogen) atoms. The van der Waals surface area contributed by atoms with Gasteiger partial charge in [-0.1, -0.05) is 35.5 Å². The summed E-state index contributed by atoms with van der Waals surface area (Å²) < 4.78 is 5.06. The van der Waals surface area contributed by atoms with Crippen molar-refractivity contribution in [3.8, 4) is 0 Å². The van der Waals surface area contributed by atoms with Gasteiger partial charge in [0.2, 0.25) is 5.91 Å². The smallest absolute Gasteiger partial charge is 0.236 e. The number of hydrogen-bond acceptors (Lipinski definition) is 4. The Bertz CT molecular complexity index is 612. The summed E-state index contributed by atoms with van der Waals surface area (Å²) in [5.41, 5.74) is 1.37. The fourth-order valence-electron chi connectivity index (χ4n) is 3.15. The highest BCUT2D eigenvalue weighted by atomic mass is 16.5. The predicted octanol–water partition coefficient (Wildman–Crippen LogP) is 2.51. The first-order chi connectivity index (χ1) is 11.2. The molecule has 1 fully saturated rings. The van der Waals surface area contributed by atoms with E-state index in [0.29, 0.717) is 24.8 Å². The molecule has 1 aromatic heterocycles. The highest BCUT2D eigenvalue weighted by Crippen LogP contribution is 2.26. The Balaban J connectivity index is 1.54. The Hall–Kier alpha value is -2.14. The molecule has 5 heteroatoms. The van der Waals surface area contributed by atoms with Gasteiger partial charge in [-0.25, -0.2) is 0 Å². The van der Waals surface area contributed by atoms with Crippen LogP contribution in [-0.4, -0.2) is 47.5 Å². The van der Waals surface area contributed by atoms with E-state index in [0.717, 1.165) is 19.5 Å². The first kappa shape index (κ1) is 15.7. The summed E-state index contributed by atoms with van der Waals surface area (Å²) in [4.78, 5) is 16.4. The van der Waals surface area contributed by atoms with Gasteiger partial charge < -0.3 is 9.42 Å². The fourth-order valence-corrected chi connectivity index (χ4v) is 3.15. The molecule has 1 saturated heterocycles. The van der Waals surface area contributed by atoms with Crippen LogP contribution in [0.2, 0.25) is 0 Å². The molecule has 0 saturated carbocycles. The average Bonchev–Trinajstić information content (AvgIpc) is 3.09. The highest BCUT2D eigenvalue weighted by Gasteiger charge is 2.23. The molecule has 0 unspecified atom stereocenters. The molecule has 0 radical (unpaired) electrons. The molecule has 0 bridgehead atoms. The molecule has 0 aliphatic carbocycles. The molecule has 1 amide bonds. The van der Waals surface area contributed by atoms with Crippen molar-refractivity contribution in [2.45, 2.75) is 25.3 Å². The van der Waals surface area contributed by atoms with Crippen LogP contribution < -0.4 is 0 Å². The minimum atomic E-state index is 0.120. The van der Waals surface area contributed by atoms with Crippen LogP contribution in [0.1, 0.15) is 30.1 Å². The van der Waals surface area contributed by atoms with Crippen molar-refractivity contribution in [1.29, 1.82) is 0 Å². The zero-order valence-electron chi connectivity index (χ0n) is 13.5. The summed E-state index contributed by atoms with van der Waals surface area (Å²) in [5, 5.41) is 3.67. The summed E-state index contributed by atoms with van der Waals surface area (Å²) >= 11 is 0. The highest BCUT2D eigenvalue weighted by molar-refractivity contribution is 5.77. The van der Waals surface area contributed by atoms with Crippen molar-refractivity contribution < 1.29 is 9.32 Å². The third-order valence-electron chi connectivity index (χ3n) is 4.45. The Morgan fingerprint density at radius 1 is 1.35 bits per heavy atom. The first-order valence-corrected chi connectivity index (χ1v) is 8.13. The normalized spacial score (nSPS) is 18.7. The largest absolute Gasteiger partial charge is 0.360 e. The van der Waals surface area contributed by atoms with Gasteiger partial charge in [-0.05, 0) is 30.9 Å². The summed E-state index contributed by atoms with van der Waals surface area (Å²) in [6, 6.07) is 12.4. The summed E-state index contributed by atoms with van der Waals surface area (Å²) in [6.07, 6.45) is 3.93. The lowest BCUT2D eigenvalue weighted by molar-refractivity contribution is -0.132. The number of nitrogens with zero attached hydrogens (tertiary/aromatic N) is 3. The quantitative estimate of drug-likeness (QED) is 0.851. The number of carbonyl (C=O) groups excluding carboxylic acids is 1. The molecule has 0 spiro atoms. The molecule has 1 aliphatic rings. The van der Waals surface area contributed by atoms with Gasteiger partial charge in [0, 0.05) is 19.7 Å². The van der Waals surface area contributed by atoms with Gasteiger partial charge in [0.25, 0.3) is 0 Å². The molecule has 122 valence electrons. The lowest BCUT2D eigenvalue weighted by atomic mass is 9.91. The van der Waals surface area contributed by atoms with Crippen molar-refractivity contribution in [3.05, 3.63) is 53.9 Å². The van der Waals surface area contributed by atoms with Crippen molar-refractivity contribution >= 4 is 5.91 Å². The minimum Gasteiger partial charge on any atom is -0.360 e. The molecule has 0 N–H and O–H groups in total. The molecule has 1 atom stereocenters. The third-order valence-corrected chi connectivity index (χ3v) is 4.45. The Labute approximate surface area is 136 Å². The van der Waals surface area contributed by atoms with Gasteiger partial charge >= 0.3 is 0 Å². The van der Waals surface area contributed by atoms with Gasteiger partial charge in [-0.3, -0.25) is 9.69 Å². The van der Waals surface area contributed by atoms with E-state index < -0.39 is 0 Å². The van der Waals surface area contributed by atoms with E-state index in [-0.39, 0.29) is 5.91 Å². The SMILES string of the molecule is CN(Cc1ccno1)C(=O)CN1CCC[C@H](c2ccccc2)C1. The van der Waals surface area contributed by atoms with Crippen LogP contribution in [0, 0.1) is 0 Å². The number of aromatic nitrogens is 1. The van der Waals surface area contributed by atoms with Crippen LogP contribution >= 0.6 is 0 Å². The molecular weight excluding hydrogens is 290 g/mol. The Kier molecular flexibility index (Phi) is 5.08. The maximum Gasteiger partial charge on any atom is 0.236 e. The molecule has 1 aromatic carbocycles. The second kappa shape index (κ2) is 7.42. The number of piperidine rings is 1. The third kappa shape index (κ3) is 4.20. The first-order valence-electron chi connectivity index (χ1n) is 8.13. The summed E-state index contributed by atoms with van der Waals surface area (Å²) in [6.45, 7) is 2.87. The molecule has 1 aliphatic heterocycles. The van der Waals surface area contributed by atoms with Crippen molar-refractivity contribution in [2.75, 3.05) is 26.7 Å². The molecule has 2 heterocycles. The topological polar surface area (TPSA) is 49.6 Å². The van der Waals surface area contributed by atoms with Crippen LogP contribution in [0.3, 0.4) is 0 Å². The van der Waals surface area contributed by atoms with E-state index in [1.807, 2.05) is 13.1 Å². The van der Waals surface area contributed by atoms with E-state index in [2.05, 4.69) is 34.3 Å². The predicted molar refractivity (Wildman–Crippen MR) is 87.8 cm³/mol. The molecule has 3 rings (SSSR count). The van der Waals surface area contributed by atoms with Crippen molar-refractivity contribution in [1.82, 2.24) is 15.0 Å². The van der Waals surface area contributed by atoms with Crippen molar-refractivity contribution in [2.24, 2.45) is 0 Å². The maximum atomic E-state index is 12.4. The fraction of sp³-hybridized carbons (Fsp3) is 0.444. The lowest BCUT2D eigenvalue weighted by Gasteiger charge is -2.33. The van der Waals surface area contributed by atoms with Gasteiger partial charge in [0.15, 0.2) is 5.76 Å². The molecule has 2 aromatic rings. The van der Waals surface area contributed by atoms with Gasteiger partial charge in [0.05, 0.1) is 19.3 Å². The Morgan fingerprint density at radius 3 is 2.91 bits per heavy atom. The van der Waals surface area contributed by atoms with Crippen LogP contribution in [0.25, 0.3) is 0 Å². The standard InChI is InChI=1S/C18H23N3O2/c1-20(13-17-9-10-19-23-17)18(22)14-21-11-5-8-16(12-21)15-6-3-2-4-7-15/h2-4,6-7,9-10,16H,5,8,11-14H2,1H3/t16-/m0/s1. The van der Waals surface area contributed by atoms with E-state index in [9.17, 15) is 4.79 Å². The summed E-state index contributed by atoms with van der Waals surface area (Å²) in [5.74, 6) is 1.36. The number of rotatable bonds is 5. The zero-order chi connectivity index (χ0) is 16.1. The van der Waals surface area contributed by atoms with Crippen molar-refractivity contribution in [3.63, 3.8) is 0 Å². The number of carbonyl (C=O) groups is 1. The molecule has 5 nitrogen and oxygen atoms in total. The monoisotopic (exact) mass is 313 g/mol. The Morgan fingerprint density at radius 2 is 2.17 bits per heavy atom. The zero-order valence-corrected chi connectivity index (χ0v) is 13.5. The van der Waals surface area contributed by atoms with Gasteiger partial charge in [-0.15, -0.1) is 0 Å². The number of benzene rings is 1.